The van der Waals surface area contributed by atoms with Gasteiger partial charge in [0.25, 0.3) is 0 Å². The molecule has 0 atom stereocenters. The average Bonchev–Trinajstić information content (AvgIpc) is 2.74. The van der Waals surface area contributed by atoms with E-state index in [4.69, 9.17) is 0 Å². The molecule has 0 aliphatic heterocycles. The quantitative estimate of drug-likeness (QED) is 0.632. The number of aromatic amines is 1. The molecule has 15 heavy (non-hydrogen) atoms. The van der Waals surface area contributed by atoms with E-state index in [-0.39, 0.29) is 0 Å². The molecule has 1 radical (unpaired) electrons. The number of nitrogens with one attached hydrogen (secondary N) is 1. The number of pyridine rings is 1. The van der Waals surface area contributed by atoms with Gasteiger partial charge in [-0.3, -0.25) is 4.98 Å². The van der Waals surface area contributed by atoms with Crippen molar-refractivity contribution in [3.05, 3.63) is 54.7 Å². The molecule has 0 saturated carbocycles. The molecular weight excluding hydrogens is 184 g/mol. The molecule has 2 aromatic heterocycles. The number of aromatic nitrogens is 2. The van der Waals surface area contributed by atoms with E-state index in [0.29, 0.717) is 0 Å². The molecule has 0 bridgehead atoms. The molecule has 3 aromatic rings. The molecule has 0 unspecified atom stereocenters. The smallest absolute Gasteiger partial charge is 0.0864 e. The third-order valence-electron chi connectivity index (χ3n) is 2.39. The number of hydrogen-bond donors (Lipinski definition) is 1. The number of benzene rings is 1. The SMILES string of the molecule is [c]1cccc2cc(-c3ccccn3)[nH]c12. The second-order valence-corrected chi connectivity index (χ2v) is 3.40. The van der Waals surface area contributed by atoms with Crippen molar-refractivity contribution in [1.82, 2.24) is 9.97 Å². The van der Waals surface area contributed by atoms with Gasteiger partial charge in [-0.25, -0.2) is 0 Å². The van der Waals surface area contributed by atoms with Crippen LogP contribution in [0.5, 0.6) is 0 Å². The highest BCUT2D eigenvalue weighted by molar-refractivity contribution is 5.84. The summed E-state index contributed by atoms with van der Waals surface area (Å²) in [5, 5.41) is 1.16. The van der Waals surface area contributed by atoms with Crippen LogP contribution >= 0.6 is 0 Å². The molecule has 2 heterocycles. The molecule has 1 N–H and O–H groups in total. The minimum atomic E-state index is 0.960. The van der Waals surface area contributed by atoms with Crippen LogP contribution in [0.15, 0.2) is 48.7 Å². The van der Waals surface area contributed by atoms with E-state index in [1.165, 1.54) is 0 Å². The highest BCUT2D eigenvalue weighted by Crippen LogP contribution is 2.21. The normalized spacial score (nSPS) is 10.7. The first kappa shape index (κ1) is 8.24. The number of nitrogens with zero attached hydrogens (tertiary/aromatic N) is 1. The predicted molar refractivity (Wildman–Crippen MR) is 60.4 cm³/mol. The Balaban J connectivity index is 2.21. The van der Waals surface area contributed by atoms with Gasteiger partial charge in [-0.15, -0.1) is 0 Å². The molecule has 2 nitrogen and oxygen atoms in total. The molecule has 0 aliphatic carbocycles. The molecule has 0 fully saturated rings. The minimum absolute atomic E-state index is 0.960. The van der Waals surface area contributed by atoms with E-state index in [2.05, 4.69) is 28.2 Å². The number of fused-ring (bicyclic) bond motifs is 1. The second kappa shape index (κ2) is 3.24. The van der Waals surface area contributed by atoms with Gasteiger partial charge in [-0.2, -0.15) is 0 Å². The highest BCUT2D eigenvalue weighted by Gasteiger charge is 2.02. The Kier molecular flexibility index (Phi) is 1.78. The molecule has 0 amide bonds. The van der Waals surface area contributed by atoms with Crippen molar-refractivity contribution in [3.8, 4) is 11.4 Å². The fraction of sp³-hybridized carbons (Fsp3) is 0. The third-order valence-corrected chi connectivity index (χ3v) is 2.39. The fourth-order valence-corrected chi connectivity index (χ4v) is 1.66. The van der Waals surface area contributed by atoms with Gasteiger partial charge in [-0.1, -0.05) is 24.3 Å². The summed E-state index contributed by atoms with van der Waals surface area (Å²) < 4.78 is 0. The van der Waals surface area contributed by atoms with E-state index in [9.17, 15) is 0 Å². The lowest BCUT2D eigenvalue weighted by Gasteiger charge is -1.93. The lowest BCUT2D eigenvalue weighted by molar-refractivity contribution is 1.29. The Labute approximate surface area is 87.6 Å². The van der Waals surface area contributed by atoms with Crippen LogP contribution < -0.4 is 0 Å². The molecule has 2 heteroatoms. The van der Waals surface area contributed by atoms with Gasteiger partial charge in [0, 0.05) is 17.6 Å². The zero-order valence-electron chi connectivity index (χ0n) is 8.07. The van der Waals surface area contributed by atoms with Crippen molar-refractivity contribution in [3.63, 3.8) is 0 Å². The van der Waals surface area contributed by atoms with Crippen LogP contribution in [-0.4, -0.2) is 9.97 Å². The molecule has 0 saturated heterocycles. The van der Waals surface area contributed by atoms with Crippen molar-refractivity contribution in [2.75, 3.05) is 0 Å². The third kappa shape index (κ3) is 1.40. The van der Waals surface area contributed by atoms with Crippen molar-refractivity contribution >= 4 is 10.9 Å². The van der Waals surface area contributed by atoms with Crippen molar-refractivity contribution in [1.29, 1.82) is 0 Å². The first-order valence-electron chi connectivity index (χ1n) is 4.84. The Hall–Kier alpha value is -2.09. The zero-order chi connectivity index (χ0) is 10.1. The van der Waals surface area contributed by atoms with Crippen LogP contribution in [0.1, 0.15) is 0 Å². The summed E-state index contributed by atoms with van der Waals surface area (Å²) in [4.78, 5) is 7.59. The van der Waals surface area contributed by atoms with E-state index in [1.54, 1.807) is 6.20 Å². The Morgan fingerprint density at radius 3 is 2.93 bits per heavy atom. The number of H-pyrrole nitrogens is 1. The van der Waals surface area contributed by atoms with Crippen LogP contribution in [0.4, 0.5) is 0 Å². The van der Waals surface area contributed by atoms with Crippen LogP contribution in [-0.2, 0) is 0 Å². The van der Waals surface area contributed by atoms with Gasteiger partial charge in [0.1, 0.15) is 0 Å². The van der Waals surface area contributed by atoms with Gasteiger partial charge in [0.15, 0.2) is 0 Å². The monoisotopic (exact) mass is 193 g/mol. The van der Waals surface area contributed by atoms with Crippen LogP contribution in [0.2, 0.25) is 0 Å². The molecular formula is C13H9N2. The Bertz CT molecular complexity index is 549. The van der Waals surface area contributed by atoms with Gasteiger partial charge in [-0.05, 0) is 18.2 Å². The zero-order valence-corrected chi connectivity index (χ0v) is 8.07. The largest absolute Gasteiger partial charge is 0.353 e. The Morgan fingerprint density at radius 1 is 1.13 bits per heavy atom. The fourth-order valence-electron chi connectivity index (χ4n) is 1.66. The maximum absolute atomic E-state index is 4.30. The Morgan fingerprint density at radius 2 is 2.13 bits per heavy atom. The average molecular weight is 193 g/mol. The maximum Gasteiger partial charge on any atom is 0.0864 e. The van der Waals surface area contributed by atoms with Crippen LogP contribution in [0, 0.1) is 6.07 Å². The van der Waals surface area contributed by atoms with E-state index in [0.717, 1.165) is 22.3 Å². The first-order chi connectivity index (χ1) is 7.43. The summed E-state index contributed by atoms with van der Waals surface area (Å²) in [6, 6.07) is 17.1. The second-order valence-electron chi connectivity index (χ2n) is 3.40. The van der Waals surface area contributed by atoms with Gasteiger partial charge < -0.3 is 4.98 Å². The first-order valence-corrected chi connectivity index (χ1v) is 4.84. The number of hydrogen-bond acceptors (Lipinski definition) is 1. The van der Waals surface area contributed by atoms with Gasteiger partial charge in [0.2, 0.25) is 0 Å². The molecule has 71 valence electrons. The topological polar surface area (TPSA) is 28.7 Å². The predicted octanol–water partition coefficient (Wildman–Crippen LogP) is 3.03. The summed E-state index contributed by atoms with van der Waals surface area (Å²) in [6.45, 7) is 0. The molecule has 0 aliphatic rings. The van der Waals surface area contributed by atoms with E-state index < -0.39 is 0 Å². The number of para-hydroxylation sites is 1. The van der Waals surface area contributed by atoms with Gasteiger partial charge in [0.05, 0.1) is 16.9 Å². The molecule has 1 aromatic carbocycles. The van der Waals surface area contributed by atoms with Crippen molar-refractivity contribution in [2.24, 2.45) is 0 Å². The highest BCUT2D eigenvalue weighted by atomic mass is 14.8. The summed E-state index contributed by atoms with van der Waals surface area (Å²) in [5.74, 6) is 0. The standard InChI is InChI=1S/C13H9N2/c1-2-6-11-10(5-1)9-13(15-11)12-7-3-4-8-14-12/h1-5,7-9,15H. The van der Waals surface area contributed by atoms with Crippen molar-refractivity contribution in [2.45, 2.75) is 0 Å². The molecule has 3 rings (SSSR count). The lowest BCUT2D eigenvalue weighted by Crippen LogP contribution is -1.80. The summed E-state index contributed by atoms with van der Waals surface area (Å²) >= 11 is 0. The van der Waals surface area contributed by atoms with Crippen molar-refractivity contribution < 1.29 is 0 Å². The lowest BCUT2D eigenvalue weighted by atomic mass is 10.2. The minimum Gasteiger partial charge on any atom is -0.353 e. The van der Waals surface area contributed by atoms with Crippen LogP contribution in [0.25, 0.3) is 22.3 Å². The van der Waals surface area contributed by atoms with Crippen LogP contribution in [0.3, 0.4) is 0 Å². The summed E-state index contributed by atoms with van der Waals surface area (Å²) in [6.07, 6.45) is 1.80. The maximum atomic E-state index is 4.30. The van der Waals surface area contributed by atoms with Gasteiger partial charge >= 0.3 is 0 Å². The molecule has 0 spiro atoms. The number of rotatable bonds is 1. The summed E-state index contributed by atoms with van der Waals surface area (Å²) in [7, 11) is 0. The van der Waals surface area contributed by atoms with E-state index >= 15 is 0 Å². The summed E-state index contributed by atoms with van der Waals surface area (Å²) in [5.41, 5.74) is 3.02. The van der Waals surface area contributed by atoms with E-state index in [1.807, 2.05) is 30.3 Å².